The lowest BCUT2D eigenvalue weighted by atomic mass is 10.2. The van der Waals surface area contributed by atoms with E-state index in [1.807, 2.05) is 14.0 Å². The summed E-state index contributed by atoms with van der Waals surface area (Å²) in [7, 11) is 2.02. The summed E-state index contributed by atoms with van der Waals surface area (Å²) in [6.45, 7) is 5.56. The number of likely N-dealkylation sites (N-methyl/N-ethyl adjacent to an activating group) is 1. The lowest BCUT2D eigenvalue weighted by Gasteiger charge is -2.36. The third kappa shape index (κ3) is 3.62. The Morgan fingerprint density at radius 3 is 2.10 bits per heavy atom. The summed E-state index contributed by atoms with van der Waals surface area (Å²) in [4.78, 5) is 6.85. The van der Waals surface area contributed by atoms with Crippen molar-refractivity contribution in [2.45, 2.75) is 13.0 Å². The van der Waals surface area contributed by atoms with Crippen molar-refractivity contribution in [3.8, 4) is 0 Å². The highest BCUT2D eigenvalue weighted by molar-refractivity contribution is 5.45. The Kier molecular flexibility index (Phi) is 5.00. The van der Waals surface area contributed by atoms with Gasteiger partial charge in [-0.25, -0.2) is 0 Å². The molecule has 1 aromatic rings. The highest BCUT2D eigenvalue weighted by Crippen LogP contribution is 2.22. The van der Waals surface area contributed by atoms with Crippen molar-refractivity contribution in [1.82, 2.24) is 14.8 Å². The number of pyridine rings is 1. The molecule has 1 aliphatic rings. The molecule has 1 saturated heterocycles. The Balaban J connectivity index is 2.00. The molecule has 1 unspecified atom stereocenters. The molecule has 1 atom stereocenters. The second kappa shape index (κ2) is 6.57. The van der Waals surface area contributed by atoms with Crippen molar-refractivity contribution >= 4 is 5.69 Å². The minimum Gasteiger partial charge on any atom is -0.378 e. The van der Waals surface area contributed by atoms with Gasteiger partial charge in [0.25, 0.3) is 11.9 Å². The van der Waals surface area contributed by atoms with Gasteiger partial charge < -0.3 is 10.2 Å². The van der Waals surface area contributed by atoms with Gasteiger partial charge in [-0.05, 0) is 14.0 Å². The van der Waals surface area contributed by atoms with Crippen LogP contribution in [0.1, 0.15) is 6.92 Å². The third-order valence-corrected chi connectivity index (χ3v) is 3.73. The van der Waals surface area contributed by atoms with Gasteiger partial charge in [-0.2, -0.15) is 22.5 Å². The van der Waals surface area contributed by atoms with Crippen molar-refractivity contribution in [3.05, 3.63) is 23.5 Å². The van der Waals surface area contributed by atoms with Crippen LogP contribution in [-0.2, 0) is 0 Å². The van der Waals surface area contributed by atoms with Crippen LogP contribution in [0.4, 0.5) is 23.2 Å². The molecule has 1 N–H and O–H groups in total. The Labute approximate surface area is 120 Å². The fraction of sp³-hybridized carbons (Fsp3) is 0.615. The number of halogens is 4. The zero-order valence-corrected chi connectivity index (χ0v) is 12.0. The molecule has 21 heavy (non-hydrogen) atoms. The van der Waals surface area contributed by atoms with Gasteiger partial charge in [0.1, 0.15) is 5.69 Å². The van der Waals surface area contributed by atoms with E-state index in [1.54, 1.807) is 0 Å². The van der Waals surface area contributed by atoms with E-state index in [-0.39, 0.29) is 12.6 Å². The van der Waals surface area contributed by atoms with Crippen molar-refractivity contribution < 1.29 is 17.6 Å². The van der Waals surface area contributed by atoms with E-state index in [0.717, 1.165) is 26.2 Å². The summed E-state index contributed by atoms with van der Waals surface area (Å²) >= 11 is 0. The number of nitrogens with one attached hydrogen (secondary N) is 1. The molecule has 8 heteroatoms. The maximum Gasteiger partial charge on any atom is 0.253 e. The van der Waals surface area contributed by atoms with Gasteiger partial charge in [-0.3, -0.25) is 4.90 Å². The summed E-state index contributed by atoms with van der Waals surface area (Å²) in [6.07, 6.45) is 0. The standard InChI is InChI=1S/C13H18F4N4/c1-8(21-5-3-20(2)4-6-21)7-18-11-9(14)12(16)19-13(17)10(11)15/h8H,3-7H2,1-2H3,(H,18,19). The zero-order valence-electron chi connectivity index (χ0n) is 12.0. The van der Waals surface area contributed by atoms with E-state index >= 15 is 0 Å². The van der Waals surface area contributed by atoms with Crippen LogP contribution in [-0.4, -0.2) is 60.6 Å². The minimum atomic E-state index is -1.65. The number of piperazine rings is 1. The van der Waals surface area contributed by atoms with E-state index < -0.39 is 29.2 Å². The molecule has 2 heterocycles. The quantitative estimate of drug-likeness (QED) is 0.677. The first kappa shape index (κ1) is 16.0. The van der Waals surface area contributed by atoms with Crippen LogP contribution in [0, 0.1) is 23.5 Å². The molecule has 0 saturated carbocycles. The molecular formula is C13H18F4N4. The van der Waals surface area contributed by atoms with Gasteiger partial charge in [-0.15, -0.1) is 0 Å². The summed E-state index contributed by atoms with van der Waals surface area (Å²) in [5.74, 6) is -6.30. The summed E-state index contributed by atoms with van der Waals surface area (Å²) in [5.41, 5.74) is -0.805. The topological polar surface area (TPSA) is 31.4 Å². The van der Waals surface area contributed by atoms with E-state index in [9.17, 15) is 17.6 Å². The van der Waals surface area contributed by atoms with Crippen LogP contribution in [0.25, 0.3) is 0 Å². The fourth-order valence-electron chi connectivity index (χ4n) is 2.28. The predicted octanol–water partition coefficient (Wildman–Crippen LogP) is 1.69. The Morgan fingerprint density at radius 2 is 1.57 bits per heavy atom. The first-order valence-corrected chi connectivity index (χ1v) is 6.76. The fourth-order valence-corrected chi connectivity index (χ4v) is 2.28. The predicted molar refractivity (Wildman–Crippen MR) is 71.1 cm³/mol. The normalized spacial score (nSPS) is 18.8. The van der Waals surface area contributed by atoms with Crippen LogP contribution in [0.15, 0.2) is 0 Å². The Morgan fingerprint density at radius 1 is 1.05 bits per heavy atom. The van der Waals surface area contributed by atoms with E-state index in [4.69, 9.17) is 0 Å². The molecular weight excluding hydrogens is 288 g/mol. The molecule has 0 amide bonds. The van der Waals surface area contributed by atoms with Gasteiger partial charge in [0.15, 0.2) is 0 Å². The SMILES string of the molecule is CC(CNc1c(F)c(F)nc(F)c1F)N1CCN(C)CC1. The largest absolute Gasteiger partial charge is 0.378 e. The lowest BCUT2D eigenvalue weighted by molar-refractivity contribution is 0.123. The molecule has 0 aliphatic carbocycles. The molecule has 1 aromatic heterocycles. The maximum atomic E-state index is 13.5. The van der Waals surface area contributed by atoms with Crippen molar-refractivity contribution in [1.29, 1.82) is 0 Å². The van der Waals surface area contributed by atoms with E-state index in [2.05, 4.69) is 20.1 Å². The molecule has 0 radical (unpaired) electrons. The second-order valence-electron chi connectivity index (χ2n) is 5.27. The molecule has 0 aromatic carbocycles. The molecule has 2 rings (SSSR count). The second-order valence-corrected chi connectivity index (χ2v) is 5.27. The van der Waals surface area contributed by atoms with Gasteiger partial charge in [-0.1, -0.05) is 0 Å². The smallest absolute Gasteiger partial charge is 0.253 e. The summed E-state index contributed by atoms with van der Waals surface area (Å²) < 4.78 is 52.9. The van der Waals surface area contributed by atoms with Gasteiger partial charge in [0.2, 0.25) is 11.6 Å². The molecule has 4 nitrogen and oxygen atoms in total. The molecule has 0 bridgehead atoms. The first-order valence-electron chi connectivity index (χ1n) is 6.76. The van der Waals surface area contributed by atoms with Crippen LogP contribution in [0.2, 0.25) is 0 Å². The van der Waals surface area contributed by atoms with Crippen LogP contribution in [0.5, 0.6) is 0 Å². The Bertz CT molecular complexity index is 477. The van der Waals surface area contributed by atoms with Gasteiger partial charge in [0.05, 0.1) is 0 Å². The molecule has 1 fully saturated rings. The monoisotopic (exact) mass is 306 g/mol. The highest BCUT2D eigenvalue weighted by atomic mass is 19.2. The van der Waals surface area contributed by atoms with Crippen LogP contribution < -0.4 is 5.32 Å². The third-order valence-electron chi connectivity index (χ3n) is 3.73. The number of rotatable bonds is 4. The van der Waals surface area contributed by atoms with Crippen LogP contribution >= 0.6 is 0 Å². The number of aromatic nitrogens is 1. The maximum absolute atomic E-state index is 13.5. The highest BCUT2D eigenvalue weighted by Gasteiger charge is 2.23. The summed E-state index contributed by atoms with van der Waals surface area (Å²) in [5, 5.41) is 2.45. The summed E-state index contributed by atoms with van der Waals surface area (Å²) in [6, 6.07) is -0.0169. The molecule has 0 spiro atoms. The number of hydrogen-bond acceptors (Lipinski definition) is 4. The van der Waals surface area contributed by atoms with Gasteiger partial charge >= 0.3 is 0 Å². The zero-order chi connectivity index (χ0) is 15.6. The van der Waals surface area contributed by atoms with Crippen molar-refractivity contribution in [3.63, 3.8) is 0 Å². The van der Waals surface area contributed by atoms with Crippen molar-refractivity contribution in [2.24, 2.45) is 0 Å². The lowest BCUT2D eigenvalue weighted by Crippen LogP contribution is -2.50. The number of anilines is 1. The average Bonchev–Trinajstić information content (AvgIpc) is 2.45. The Hall–Kier alpha value is -1.41. The van der Waals surface area contributed by atoms with Gasteiger partial charge in [0, 0.05) is 38.8 Å². The molecule has 1 aliphatic heterocycles. The van der Waals surface area contributed by atoms with E-state index in [1.165, 1.54) is 0 Å². The number of nitrogens with zero attached hydrogens (tertiary/aromatic N) is 3. The minimum absolute atomic E-state index is 0.0169. The van der Waals surface area contributed by atoms with E-state index in [0.29, 0.717) is 0 Å². The first-order chi connectivity index (χ1) is 9.90. The number of hydrogen-bond donors (Lipinski definition) is 1. The van der Waals surface area contributed by atoms with Crippen molar-refractivity contribution in [2.75, 3.05) is 45.1 Å². The average molecular weight is 306 g/mol. The van der Waals surface area contributed by atoms with Crippen LogP contribution in [0.3, 0.4) is 0 Å². The molecule has 118 valence electrons.